The van der Waals surface area contributed by atoms with Crippen LogP contribution >= 0.6 is 0 Å². The molecule has 0 aliphatic heterocycles. The van der Waals surface area contributed by atoms with E-state index in [-0.39, 0.29) is 17.3 Å². The van der Waals surface area contributed by atoms with E-state index in [2.05, 4.69) is 13.8 Å². The van der Waals surface area contributed by atoms with Gasteiger partial charge in [-0.2, -0.15) is 0 Å². The highest BCUT2D eigenvalue weighted by atomic mass is 16.4. The molecule has 76 valence electrons. The van der Waals surface area contributed by atoms with Gasteiger partial charge >= 0.3 is 5.97 Å². The third kappa shape index (κ3) is 1.70. The Morgan fingerprint density at radius 3 is 2.38 bits per heavy atom. The van der Waals surface area contributed by atoms with E-state index in [4.69, 9.17) is 10.8 Å². The fourth-order valence-electron chi connectivity index (χ4n) is 2.54. The first-order valence-corrected chi connectivity index (χ1v) is 4.85. The maximum atomic E-state index is 10.8. The van der Waals surface area contributed by atoms with E-state index < -0.39 is 5.97 Å². The molecule has 1 unspecified atom stereocenters. The quantitative estimate of drug-likeness (QED) is 0.702. The molecule has 0 aromatic heterocycles. The molecule has 1 aliphatic carbocycles. The van der Waals surface area contributed by atoms with E-state index >= 15 is 0 Å². The van der Waals surface area contributed by atoms with Gasteiger partial charge in [-0.05, 0) is 30.2 Å². The van der Waals surface area contributed by atoms with Crippen molar-refractivity contribution >= 4 is 5.97 Å². The van der Waals surface area contributed by atoms with Crippen LogP contribution in [0.3, 0.4) is 0 Å². The standard InChI is InChI=1S/C10H19NO2/c1-9(2)4-3-5-10(9,7-11)6-8(12)13/h3-7,11H2,1-2H3,(H,12,13). The minimum atomic E-state index is -0.722. The molecule has 0 saturated heterocycles. The van der Waals surface area contributed by atoms with Crippen LogP contribution in [0.1, 0.15) is 39.5 Å². The summed E-state index contributed by atoms with van der Waals surface area (Å²) in [7, 11) is 0. The molecule has 0 radical (unpaired) electrons. The van der Waals surface area contributed by atoms with E-state index in [0.29, 0.717) is 6.54 Å². The zero-order chi connectivity index (χ0) is 10.1. The minimum Gasteiger partial charge on any atom is -0.481 e. The van der Waals surface area contributed by atoms with Gasteiger partial charge in [0, 0.05) is 0 Å². The third-order valence-corrected chi connectivity index (χ3v) is 3.77. The molecular formula is C10H19NO2. The summed E-state index contributed by atoms with van der Waals surface area (Å²) in [5.41, 5.74) is 5.65. The molecule has 1 aliphatic rings. The van der Waals surface area contributed by atoms with Gasteiger partial charge in [0.25, 0.3) is 0 Å². The average Bonchev–Trinajstić information content (AvgIpc) is 2.27. The number of rotatable bonds is 3. The molecule has 0 aromatic carbocycles. The lowest BCUT2D eigenvalue weighted by atomic mass is 9.66. The zero-order valence-corrected chi connectivity index (χ0v) is 8.47. The Morgan fingerprint density at radius 1 is 1.46 bits per heavy atom. The van der Waals surface area contributed by atoms with Crippen molar-refractivity contribution in [2.45, 2.75) is 39.5 Å². The first-order chi connectivity index (χ1) is 5.93. The SMILES string of the molecule is CC1(C)CCCC1(CN)CC(=O)O. The van der Waals surface area contributed by atoms with Crippen molar-refractivity contribution in [3.8, 4) is 0 Å². The van der Waals surface area contributed by atoms with Crippen molar-refractivity contribution in [3.63, 3.8) is 0 Å². The fraction of sp³-hybridized carbons (Fsp3) is 0.900. The summed E-state index contributed by atoms with van der Waals surface area (Å²) in [6.07, 6.45) is 3.38. The summed E-state index contributed by atoms with van der Waals surface area (Å²) in [5, 5.41) is 8.85. The molecule has 0 bridgehead atoms. The van der Waals surface area contributed by atoms with Gasteiger partial charge in [0.2, 0.25) is 0 Å². The van der Waals surface area contributed by atoms with Crippen molar-refractivity contribution in [2.24, 2.45) is 16.6 Å². The fourth-order valence-corrected chi connectivity index (χ4v) is 2.54. The molecule has 1 atom stereocenters. The van der Waals surface area contributed by atoms with Crippen LogP contribution < -0.4 is 5.73 Å². The maximum absolute atomic E-state index is 10.8. The Bertz CT molecular complexity index is 213. The molecular weight excluding hydrogens is 166 g/mol. The van der Waals surface area contributed by atoms with Crippen LogP contribution in [0, 0.1) is 10.8 Å². The highest BCUT2D eigenvalue weighted by Gasteiger charge is 2.48. The van der Waals surface area contributed by atoms with E-state index in [0.717, 1.165) is 19.3 Å². The molecule has 1 rings (SSSR count). The summed E-state index contributed by atoms with van der Waals surface area (Å²) in [6, 6.07) is 0. The summed E-state index contributed by atoms with van der Waals surface area (Å²) in [4.78, 5) is 10.8. The normalized spacial score (nSPS) is 31.9. The second-order valence-corrected chi connectivity index (χ2v) is 4.79. The second kappa shape index (κ2) is 3.29. The Hall–Kier alpha value is -0.570. The molecule has 1 fully saturated rings. The number of carbonyl (C=O) groups is 1. The molecule has 0 spiro atoms. The number of hydrogen-bond donors (Lipinski definition) is 2. The van der Waals surface area contributed by atoms with Crippen LogP contribution in [-0.4, -0.2) is 17.6 Å². The molecule has 3 nitrogen and oxygen atoms in total. The van der Waals surface area contributed by atoms with Crippen LogP contribution in [-0.2, 0) is 4.79 Å². The molecule has 13 heavy (non-hydrogen) atoms. The zero-order valence-electron chi connectivity index (χ0n) is 8.47. The highest BCUT2D eigenvalue weighted by Crippen LogP contribution is 2.53. The van der Waals surface area contributed by atoms with Crippen LogP contribution in [0.5, 0.6) is 0 Å². The van der Waals surface area contributed by atoms with Crippen molar-refractivity contribution in [1.82, 2.24) is 0 Å². The Labute approximate surface area is 79.3 Å². The van der Waals surface area contributed by atoms with Crippen molar-refractivity contribution in [2.75, 3.05) is 6.54 Å². The summed E-state index contributed by atoms with van der Waals surface area (Å²) >= 11 is 0. The van der Waals surface area contributed by atoms with Gasteiger partial charge in [0.05, 0.1) is 6.42 Å². The lowest BCUT2D eigenvalue weighted by Crippen LogP contribution is -2.41. The van der Waals surface area contributed by atoms with E-state index in [1.165, 1.54) is 0 Å². The lowest BCUT2D eigenvalue weighted by Gasteiger charge is -2.39. The molecule has 0 aromatic rings. The Kier molecular flexibility index (Phi) is 2.66. The van der Waals surface area contributed by atoms with Gasteiger partial charge in [-0.15, -0.1) is 0 Å². The summed E-state index contributed by atoms with van der Waals surface area (Å²) in [6.45, 7) is 4.76. The lowest BCUT2D eigenvalue weighted by molar-refractivity contribution is -0.141. The number of aliphatic carboxylic acids is 1. The van der Waals surface area contributed by atoms with Crippen molar-refractivity contribution in [3.05, 3.63) is 0 Å². The van der Waals surface area contributed by atoms with Crippen molar-refractivity contribution < 1.29 is 9.90 Å². The van der Waals surface area contributed by atoms with E-state index in [9.17, 15) is 4.79 Å². The first-order valence-electron chi connectivity index (χ1n) is 4.85. The van der Waals surface area contributed by atoms with Crippen LogP contribution in [0.2, 0.25) is 0 Å². The largest absolute Gasteiger partial charge is 0.481 e. The van der Waals surface area contributed by atoms with Crippen LogP contribution in [0.4, 0.5) is 0 Å². The van der Waals surface area contributed by atoms with Crippen LogP contribution in [0.15, 0.2) is 0 Å². The first kappa shape index (κ1) is 10.5. The molecule has 0 amide bonds. The number of carboxylic acid groups (broad SMARTS) is 1. The summed E-state index contributed by atoms with van der Waals surface area (Å²) < 4.78 is 0. The maximum Gasteiger partial charge on any atom is 0.303 e. The molecule has 3 N–H and O–H groups in total. The third-order valence-electron chi connectivity index (χ3n) is 3.77. The number of hydrogen-bond acceptors (Lipinski definition) is 2. The second-order valence-electron chi connectivity index (χ2n) is 4.79. The molecule has 1 saturated carbocycles. The topological polar surface area (TPSA) is 63.3 Å². The Morgan fingerprint density at radius 2 is 2.08 bits per heavy atom. The van der Waals surface area contributed by atoms with Crippen molar-refractivity contribution in [1.29, 1.82) is 0 Å². The monoisotopic (exact) mass is 185 g/mol. The van der Waals surface area contributed by atoms with Gasteiger partial charge in [-0.25, -0.2) is 0 Å². The smallest absolute Gasteiger partial charge is 0.303 e. The average molecular weight is 185 g/mol. The van der Waals surface area contributed by atoms with Gasteiger partial charge in [-0.3, -0.25) is 4.79 Å². The van der Waals surface area contributed by atoms with E-state index in [1.54, 1.807) is 0 Å². The number of nitrogens with two attached hydrogens (primary N) is 1. The predicted octanol–water partition coefficient (Wildman–Crippen LogP) is 1.62. The Balaban J connectivity index is 2.85. The minimum absolute atomic E-state index is 0.0835. The van der Waals surface area contributed by atoms with Gasteiger partial charge < -0.3 is 10.8 Å². The van der Waals surface area contributed by atoms with Gasteiger partial charge in [0.1, 0.15) is 0 Å². The predicted molar refractivity (Wildman–Crippen MR) is 51.4 cm³/mol. The van der Waals surface area contributed by atoms with E-state index in [1.807, 2.05) is 0 Å². The molecule has 0 heterocycles. The number of carboxylic acids is 1. The van der Waals surface area contributed by atoms with Gasteiger partial charge in [-0.1, -0.05) is 20.3 Å². The van der Waals surface area contributed by atoms with Gasteiger partial charge in [0.15, 0.2) is 0 Å². The molecule has 3 heteroatoms. The summed E-state index contributed by atoms with van der Waals surface area (Å²) in [5.74, 6) is -0.722. The van der Waals surface area contributed by atoms with Crippen LogP contribution in [0.25, 0.3) is 0 Å². The highest BCUT2D eigenvalue weighted by molar-refractivity contribution is 5.68.